The van der Waals surface area contributed by atoms with Crippen LogP contribution < -0.4 is 10.1 Å². The molecular weight excluding hydrogens is 503 g/mol. The van der Waals surface area contributed by atoms with E-state index in [1.165, 1.54) is 4.90 Å². The second-order valence-electron chi connectivity index (χ2n) is 7.77. The van der Waals surface area contributed by atoms with Crippen LogP contribution in [-0.2, 0) is 16.1 Å². The molecule has 0 aliphatic rings. The Hall–Kier alpha value is -1.76. The summed E-state index contributed by atoms with van der Waals surface area (Å²) in [5.41, 5.74) is 1.69. The molecule has 0 aliphatic heterocycles. The molecule has 31 heavy (non-hydrogen) atoms. The molecule has 1 atom stereocenters. The van der Waals surface area contributed by atoms with Gasteiger partial charge in [-0.15, -0.1) is 0 Å². The van der Waals surface area contributed by atoms with Gasteiger partial charge in [0.05, 0.1) is 0 Å². The SMILES string of the molecule is Cc1cc(OCC(=O)N(Cc2ccc(Cl)cc2Cl)[C@H](C)C(=O)NCC(C)C)ccc1Br. The molecule has 2 rings (SSSR count). The van der Waals surface area contributed by atoms with Gasteiger partial charge in [-0.3, -0.25) is 9.59 Å². The number of benzene rings is 2. The van der Waals surface area contributed by atoms with Gasteiger partial charge in [-0.25, -0.2) is 0 Å². The first kappa shape index (κ1) is 25.5. The highest BCUT2D eigenvalue weighted by Crippen LogP contribution is 2.24. The molecule has 2 amide bonds. The zero-order valence-corrected chi connectivity index (χ0v) is 21.1. The topological polar surface area (TPSA) is 58.6 Å². The second-order valence-corrected chi connectivity index (χ2v) is 9.47. The predicted molar refractivity (Wildman–Crippen MR) is 129 cm³/mol. The Balaban J connectivity index is 2.19. The molecule has 0 heterocycles. The van der Waals surface area contributed by atoms with Gasteiger partial charge in [-0.2, -0.15) is 0 Å². The molecule has 168 valence electrons. The number of hydrogen-bond acceptors (Lipinski definition) is 3. The summed E-state index contributed by atoms with van der Waals surface area (Å²) in [5, 5.41) is 3.82. The normalized spacial score (nSPS) is 11.9. The summed E-state index contributed by atoms with van der Waals surface area (Å²) >= 11 is 15.7. The molecule has 0 aromatic heterocycles. The lowest BCUT2D eigenvalue weighted by Gasteiger charge is -2.29. The van der Waals surface area contributed by atoms with E-state index >= 15 is 0 Å². The van der Waals surface area contributed by atoms with Crippen molar-refractivity contribution in [1.82, 2.24) is 10.2 Å². The van der Waals surface area contributed by atoms with Crippen LogP contribution in [0.15, 0.2) is 40.9 Å². The molecule has 0 radical (unpaired) electrons. The highest BCUT2D eigenvalue weighted by atomic mass is 79.9. The van der Waals surface area contributed by atoms with Crippen molar-refractivity contribution in [3.63, 3.8) is 0 Å². The van der Waals surface area contributed by atoms with E-state index in [2.05, 4.69) is 21.2 Å². The average molecular weight is 530 g/mol. The van der Waals surface area contributed by atoms with Crippen LogP contribution in [0.1, 0.15) is 31.9 Å². The van der Waals surface area contributed by atoms with Crippen LogP contribution in [0, 0.1) is 12.8 Å². The first-order valence-electron chi connectivity index (χ1n) is 9.98. The third-order valence-corrected chi connectivity index (χ3v) is 6.18. The van der Waals surface area contributed by atoms with Crippen molar-refractivity contribution in [2.75, 3.05) is 13.2 Å². The number of rotatable bonds is 9. The Kier molecular flexibility index (Phi) is 9.66. The van der Waals surface area contributed by atoms with Crippen molar-refractivity contribution in [3.8, 4) is 5.75 Å². The van der Waals surface area contributed by atoms with Gasteiger partial charge >= 0.3 is 0 Å². The monoisotopic (exact) mass is 528 g/mol. The lowest BCUT2D eigenvalue weighted by molar-refractivity contribution is -0.142. The molecule has 2 aromatic carbocycles. The average Bonchev–Trinajstić information content (AvgIpc) is 2.71. The fourth-order valence-electron chi connectivity index (χ4n) is 2.80. The van der Waals surface area contributed by atoms with E-state index in [4.69, 9.17) is 27.9 Å². The van der Waals surface area contributed by atoms with E-state index in [0.717, 1.165) is 10.0 Å². The molecular formula is C23H27BrCl2N2O3. The van der Waals surface area contributed by atoms with Crippen molar-refractivity contribution >= 4 is 50.9 Å². The maximum atomic E-state index is 13.1. The standard InChI is InChI=1S/C23H27BrCl2N2O3/c1-14(2)11-27-23(30)16(4)28(12-17-5-6-18(25)10-21(17)26)22(29)13-31-19-7-8-20(24)15(3)9-19/h5-10,14,16H,11-13H2,1-4H3,(H,27,30)/t16-/m1/s1. The summed E-state index contributed by atoms with van der Waals surface area (Å²) in [6.07, 6.45) is 0. The quantitative estimate of drug-likeness (QED) is 0.457. The largest absolute Gasteiger partial charge is 0.484 e. The van der Waals surface area contributed by atoms with E-state index in [1.54, 1.807) is 31.2 Å². The Morgan fingerprint density at radius 3 is 2.45 bits per heavy atom. The summed E-state index contributed by atoms with van der Waals surface area (Å²) in [5.74, 6) is 0.329. The number of ether oxygens (including phenoxy) is 1. The van der Waals surface area contributed by atoms with Crippen LogP contribution in [-0.4, -0.2) is 35.9 Å². The Morgan fingerprint density at radius 1 is 1.13 bits per heavy atom. The molecule has 0 fully saturated rings. The minimum Gasteiger partial charge on any atom is -0.484 e. The first-order valence-corrected chi connectivity index (χ1v) is 11.5. The second kappa shape index (κ2) is 11.7. The number of nitrogens with one attached hydrogen (secondary N) is 1. The molecule has 8 heteroatoms. The highest BCUT2D eigenvalue weighted by Gasteiger charge is 2.27. The molecule has 1 N–H and O–H groups in total. The summed E-state index contributed by atoms with van der Waals surface area (Å²) in [6.45, 7) is 8.14. The van der Waals surface area contributed by atoms with Crippen molar-refractivity contribution in [3.05, 3.63) is 62.0 Å². The van der Waals surface area contributed by atoms with Crippen molar-refractivity contribution in [2.45, 2.75) is 40.3 Å². The van der Waals surface area contributed by atoms with E-state index in [1.807, 2.05) is 32.9 Å². The molecule has 0 saturated heterocycles. The molecule has 0 spiro atoms. The van der Waals surface area contributed by atoms with Gasteiger partial charge in [0.15, 0.2) is 6.61 Å². The summed E-state index contributed by atoms with van der Waals surface area (Å²) in [6, 6.07) is 9.86. The number of nitrogens with zero attached hydrogens (tertiary/aromatic N) is 1. The molecule has 5 nitrogen and oxygen atoms in total. The van der Waals surface area contributed by atoms with E-state index in [0.29, 0.717) is 33.8 Å². The minimum absolute atomic E-state index is 0.161. The lowest BCUT2D eigenvalue weighted by atomic mass is 10.1. The third-order valence-electron chi connectivity index (χ3n) is 4.70. The summed E-state index contributed by atoms with van der Waals surface area (Å²) in [4.78, 5) is 27.2. The Bertz CT molecular complexity index is 937. The van der Waals surface area contributed by atoms with Gasteiger partial charge in [0.2, 0.25) is 5.91 Å². The van der Waals surface area contributed by atoms with Gasteiger partial charge in [0.25, 0.3) is 5.91 Å². The Labute approximate surface area is 202 Å². The fourth-order valence-corrected chi connectivity index (χ4v) is 3.52. The smallest absolute Gasteiger partial charge is 0.261 e. The summed E-state index contributed by atoms with van der Waals surface area (Å²) < 4.78 is 6.66. The van der Waals surface area contributed by atoms with Crippen LogP contribution in [0.2, 0.25) is 10.0 Å². The van der Waals surface area contributed by atoms with Crippen molar-refractivity contribution in [1.29, 1.82) is 0 Å². The predicted octanol–water partition coefficient (Wildman–Crippen LogP) is 5.63. The first-order chi connectivity index (χ1) is 14.6. The third kappa shape index (κ3) is 7.70. The molecule has 2 aromatic rings. The summed E-state index contributed by atoms with van der Waals surface area (Å²) in [7, 11) is 0. The zero-order valence-electron chi connectivity index (χ0n) is 18.0. The van der Waals surface area contributed by atoms with Gasteiger partial charge in [0, 0.05) is 27.6 Å². The van der Waals surface area contributed by atoms with Crippen molar-refractivity contribution in [2.24, 2.45) is 5.92 Å². The van der Waals surface area contributed by atoms with E-state index in [9.17, 15) is 9.59 Å². The number of halogens is 3. The number of carbonyl (C=O) groups excluding carboxylic acids is 2. The number of carbonyl (C=O) groups is 2. The van der Waals surface area contributed by atoms with Gasteiger partial charge < -0.3 is 15.0 Å². The van der Waals surface area contributed by atoms with E-state index in [-0.39, 0.29) is 25.0 Å². The van der Waals surface area contributed by atoms with Crippen molar-refractivity contribution < 1.29 is 14.3 Å². The van der Waals surface area contributed by atoms with Crippen LogP contribution in [0.25, 0.3) is 0 Å². The molecule has 0 unspecified atom stereocenters. The van der Waals surface area contributed by atoms with Crippen LogP contribution in [0.5, 0.6) is 5.75 Å². The maximum absolute atomic E-state index is 13.1. The van der Waals surface area contributed by atoms with Crippen LogP contribution in [0.4, 0.5) is 0 Å². The molecule has 0 aliphatic carbocycles. The number of hydrogen-bond donors (Lipinski definition) is 1. The van der Waals surface area contributed by atoms with Gasteiger partial charge in [0.1, 0.15) is 11.8 Å². The molecule has 0 saturated carbocycles. The maximum Gasteiger partial charge on any atom is 0.261 e. The van der Waals surface area contributed by atoms with Crippen LogP contribution >= 0.6 is 39.1 Å². The molecule has 0 bridgehead atoms. The fraction of sp³-hybridized carbons (Fsp3) is 0.391. The lowest BCUT2D eigenvalue weighted by Crippen LogP contribution is -2.49. The van der Waals surface area contributed by atoms with E-state index < -0.39 is 6.04 Å². The number of aryl methyl sites for hydroxylation is 1. The highest BCUT2D eigenvalue weighted by molar-refractivity contribution is 9.10. The van der Waals surface area contributed by atoms with Crippen LogP contribution in [0.3, 0.4) is 0 Å². The number of amides is 2. The minimum atomic E-state index is -0.701. The zero-order chi connectivity index (χ0) is 23.1. The Morgan fingerprint density at radius 2 is 1.84 bits per heavy atom. The van der Waals surface area contributed by atoms with Gasteiger partial charge in [-0.05, 0) is 61.2 Å². The van der Waals surface area contributed by atoms with Gasteiger partial charge in [-0.1, -0.05) is 59.0 Å².